The zero-order chi connectivity index (χ0) is 21.1. The minimum atomic E-state index is -0.853. The highest BCUT2D eigenvalue weighted by Crippen LogP contribution is 2.40. The Bertz CT molecular complexity index is 914. The Hall–Kier alpha value is -2.75. The van der Waals surface area contributed by atoms with Crippen molar-refractivity contribution in [2.45, 2.75) is 26.1 Å². The minimum Gasteiger partial charge on any atom is -0.393 e. The van der Waals surface area contributed by atoms with Gasteiger partial charge in [-0.05, 0) is 38.1 Å². The van der Waals surface area contributed by atoms with Crippen LogP contribution in [-0.2, 0) is 21.7 Å². The summed E-state index contributed by atoms with van der Waals surface area (Å²) in [5.41, 5.74) is 2.30. The Balaban J connectivity index is 1.69. The largest absolute Gasteiger partial charge is 0.393 e. The molecule has 0 bridgehead atoms. The molecule has 3 heterocycles. The summed E-state index contributed by atoms with van der Waals surface area (Å²) in [7, 11) is 0. The maximum absolute atomic E-state index is 11.7. The van der Waals surface area contributed by atoms with Gasteiger partial charge in [0.1, 0.15) is 11.4 Å². The first kappa shape index (κ1) is 20.5. The molecular formula is C21H27N5O4. The van der Waals surface area contributed by atoms with E-state index in [2.05, 4.69) is 15.5 Å². The SMILES string of the molecule is CCNC(=O)Nc1ccc(-c2nc(N3CCOCC3)c3c(n2)C(C)(CO)OC3)cc1. The lowest BCUT2D eigenvalue weighted by Crippen LogP contribution is -2.37. The Morgan fingerprint density at radius 1 is 1.23 bits per heavy atom. The first-order valence-corrected chi connectivity index (χ1v) is 10.2. The van der Waals surface area contributed by atoms with Crippen LogP contribution in [0.1, 0.15) is 25.1 Å². The Morgan fingerprint density at radius 2 is 1.97 bits per heavy atom. The number of hydrogen-bond acceptors (Lipinski definition) is 7. The lowest BCUT2D eigenvalue weighted by molar-refractivity contribution is -0.0624. The third-order valence-electron chi connectivity index (χ3n) is 5.37. The van der Waals surface area contributed by atoms with Crippen LogP contribution in [0.5, 0.6) is 0 Å². The molecule has 4 rings (SSSR count). The number of benzene rings is 1. The second-order valence-corrected chi connectivity index (χ2v) is 7.54. The number of amides is 2. The number of ether oxygens (including phenoxy) is 2. The number of carbonyl (C=O) groups excluding carboxylic acids is 1. The normalized spacial score (nSPS) is 20.7. The molecule has 30 heavy (non-hydrogen) atoms. The Labute approximate surface area is 175 Å². The van der Waals surface area contributed by atoms with Crippen LogP contribution in [0.2, 0.25) is 0 Å². The van der Waals surface area contributed by atoms with Gasteiger partial charge in [0.2, 0.25) is 0 Å². The number of aromatic nitrogens is 2. The third-order valence-corrected chi connectivity index (χ3v) is 5.37. The molecule has 1 aromatic heterocycles. The van der Waals surface area contributed by atoms with E-state index in [-0.39, 0.29) is 12.6 Å². The van der Waals surface area contributed by atoms with E-state index < -0.39 is 5.60 Å². The fraction of sp³-hybridized carbons (Fsp3) is 0.476. The molecule has 1 atom stereocenters. The zero-order valence-electron chi connectivity index (χ0n) is 17.3. The third kappa shape index (κ3) is 3.96. The van der Waals surface area contributed by atoms with Gasteiger partial charge in [-0.1, -0.05) is 0 Å². The number of nitrogens with zero attached hydrogens (tertiary/aromatic N) is 3. The molecule has 9 nitrogen and oxygen atoms in total. The number of morpholine rings is 1. The summed E-state index contributed by atoms with van der Waals surface area (Å²) in [5, 5.41) is 15.4. The summed E-state index contributed by atoms with van der Waals surface area (Å²) >= 11 is 0. The van der Waals surface area contributed by atoms with E-state index in [9.17, 15) is 9.90 Å². The van der Waals surface area contributed by atoms with Crippen LogP contribution in [0.15, 0.2) is 24.3 Å². The highest BCUT2D eigenvalue weighted by atomic mass is 16.5. The van der Waals surface area contributed by atoms with Crippen LogP contribution < -0.4 is 15.5 Å². The van der Waals surface area contributed by atoms with Crippen molar-refractivity contribution in [1.82, 2.24) is 15.3 Å². The molecular weight excluding hydrogens is 386 g/mol. The summed E-state index contributed by atoms with van der Waals surface area (Å²) in [4.78, 5) is 23.5. The molecule has 2 amide bonds. The van der Waals surface area contributed by atoms with Crippen molar-refractivity contribution in [3.05, 3.63) is 35.5 Å². The van der Waals surface area contributed by atoms with E-state index >= 15 is 0 Å². The highest BCUT2D eigenvalue weighted by molar-refractivity contribution is 5.89. The standard InChI is InChI=1S/C21H27N5O4/c1-3-22-20(28)23-15-6-4-14(5-7-15)18-24-17-16(12-30-21(17,2)13-27)19(25-18)26-8-10-29-11-9-26/h4-7,27H,3,8-13H2,1-2H3,(H2,22,23,28). The summed E-state index contributed by atoms with van der Waals surface area (Å²) in [6.45, 7) is 7.26. The number of anilines is 2. The Morgan fingerprint density at radius 3 is 2.63 bits per heavy atom. The molecule has 1 fully saturated rings. The number of hydrogen-bond donors (Lipinski definition) is 3. The topological polar surface area (TPSA) is 109 Å². The maximum Gasteiger partial charge on any atom is 0.319 e. The molecule has 1 unspecified atom stereocenters. The van der Waals surface area contributed by atoms with Crippen molar-refractivity contribution in [3.63, 3.8) is 0 Å². The lowest BCUT2D eigenvalue weighted by Gasteiger charge is -2.30. The predicted molar refractivity (Wildman–Crippen MR) is 112 cm³/mol. The molecule has 3 N–H and O–H groups in total. The number of fused-ring (bicyclic) bond motifs is 1. The molecule has 9 heteroatoms. The first-order valence-electron chi connectivity index (χ1n) is 10.2. The van der Waals surface area contributed by atoms with Gasteiger partial charge in [0.15, 0.2) is 5.82 Å². The molecule has 2 aliphatic rings. The van der Waals surface area contributed by atoms with Gasteiger partial charge in [-0.2, -0.15) is 0 Å². The van der Waals surface area contributed by atoms with Crippen LogP contribution in [0, 0.1) is 0 Å². The van der Waals surface area contributed by atoms with Crippen LogP contribution in [0.25, 0.3) is 11.4 Å². The van der Waals surface area contributed by atoms with E-state index in [1.807, 2.05) is 38.1 Å². The van der Waals surface area contributed by atoms with Crippen molar-refractivity contribution < 1.29 is 19.4 Å². The van der Waals surface area contributed by atoms with Crippen molar-refractivity contribution in [1.29, 1.82) is 0 Å². The zero-order valence-corrected chi connectivity index (χ0v) is 17.3. The molecule has 2 aliphatic heterocycles. The second-order valence-electron chi connectivity index (χ2n) is 7.54. The van der Waals surface area contributed by atoms with Gasteiger partial charge in [-0.3, -0.25) is 0 Å². The number of aliphatic hydroxyl groups is 1. The predicted octanol–water partition coefficient (Wildman–Crippen LogP) is 1.86. The highest BCUT2D eigenvalue weighted by Gasteiger charge is 2.40. The van der Waals surface area contributed by atoms with Crippen LogP contribution in [0.4, 0.5) is 16.3 Å². The summed E-state index contributed by atoms with van der Waals surface area (Å²) < 4.78 is 11.4. The van der Waals surface area contributed by atoms with Gasteiger partial charge < -0.3 is 30.1 Å². The summed E-state index contributed by atoms with van der Waals surface area (Å²) in [6.07, 6.45) is 0. The number of carbonyl (C=O) groups is 1. The van der Waals surface area contributed by atoms with Gasteiger partial charge in [0.25, 0.3) is 0 Å². The molecule has 1 aromatic carbocycles. The van der Waals surface area contributed by atoms with Gasteiger partial charge in [-0.25, -0.2) is 14.8 Å². The maximum atomic E-state index is 11.7. The number of aliphatic hydroxyl groups excluding tert-OH is 1. The average Bonchev–Trinajstić information content (AvgIpc) is 3.12. The van der Waals surface area contributed by atoms with Gasteiger partial charge in [0.05, 0.1) is 32.1 Å². The van der Waals surface area contributed by atoms with Crippen LogP contribution >= 0.6 is 0 Å². The fourth-order valence-corrected chi connectivity index (χ4v) is 3.67. The Kier molecular flexibility index (Phi) is 5.85. The molecule has 1 saturated heterocycles. The van der Waals surface area contributed by atoms with E-state index in [0.29, 0.717) is 37.9 Å². The van der Waals surface area contributed by atoms with E-state index in [0.717, 1.165) is 35.7 Å². The first-order chi connectivity index (χ1) is 14.5. The minimum absolute atomic E-state index is 0.158. The quantitative estimate of drug-likeness (QED) is 0.686. The monoisotopic (exact) mass is 413 g/mol. The van der Waals surface area contributed by atoms with Crippen molar-refractivity contribution in [2.24, 2.45) is 0 Å². The van der Waals surface area contributed by atoms with Crippen molar-refractivity contribution in [2.75, 3.05) is 49.7 Å². The number of rotatable bonds is 5. The van der Waals surface area contributed by atoms with E-state index in [1.165, 1.54) is 0 Å². The van der Waals surface area contributed by atoms with Crippen molar-refractivity contribution >= 4 is 17.5 Å². The lowest BCUT2D eigenvalue weighted by atomic mass is 10.0. The molecule has 0 radical (unpaired) electrons. The van der Waals surface area contributed by atoms with Gasteiger partial charge in [-0.15, -0.1) is 0 Å². The second kappa shape index (κ2) is 8.55. The van der Waals surface area contributed by atoms with Gasteiger partial charge >= 0.3 is 6.03 Å². The van der Waals surface area contributed by atoms with E-state index in [4.69, 9.17) is 19.4 Å². The smallest absolute Gasteiger partial charge is 0.319 e. The van der Waals surface area contributed by atoms with Crippen LogP contribution in [0.3, 0.4) is 0 Å². The van der Waals surface area contributed by atoms with Crippen LogP contribution in [-0.4, -0.2) is 60.6 Å². The molecule has 160 valence electrons. The fourth-order valence-electron chi connectivity index (χ4n) is 3.67. The summed E-state index contributed by atoms with van der Waals surface area (Å²) in [6, 6.07) is 7.13. The van der Waals surface area contributed by atoms with Gasteiger partial charge in [0, 0.05) is 36.4 Å². The molecule has 0 aliphatic carbocycles. The molecule has 2 aromatic rings. The van der Waals surface area contributed by atoms with E-state index in [1.54, 1.807) is 0 Å². The molecule has 0 spiro atoms. The molecule has 0 saturated carbocycles. The summed E-state index contributed by atoms with van der Waals surface area (Å²) in [5.74, 6) is 1.39. The number of urea groups is 1. The average molecular weight is 413 g/mol. The number of nitrogens with one attached hydrogen (secondary N) is 2. The van der Waals surface area contributed by atoms with Crippen molar-refractivity contribution in [3.8, 4) is 11.4 Å².